The minimum Gasteiger partial charge on any atom is -0.349 e. The van der Waals surface area contributed by atoms with E-state index in [2.05, 4.69) is 5.32 Å². The normalized spacial score (nSPS) is 12.3. The van der Waals surface area contributed by atoms with E-state index in [0.717, 1.165) is 5.56 Å². The maximum atomic E-state index is 11.4. The van der Waals surface area contributed by atoms with Crippen molar-refractivity contribution < 1.29 is 4.79 Å². The Balaban J connectivity index is 2.53. The molecule has 0 heterocycles. The van der Waals surface area contributed by atoms with Crippen molar-refractivity contribution in [3.8, 4) is 0 Å². The quantitative estimate of drug-likeness (QED) is 0.903. The Labute approximate surface area is 118 Å². The summed E-state index contributed by atoms with van der Waals surface area (Å²) >= 11 is 12.0. The summed E-state index contributed by atoms with van der Waals surface area (Å²) in [6.07, 6.45) is 0.468. The Kier molecular flexibility index (Phi) is 5.93. The highest BCUT2D eigenvalue weighted by molar-refractivity contribution is 6.33. The molecule has 0 saturated carbocycles. The number of carbonyl (C=O) groups is 1. The first-order valence-corrected chi connectivity index (χ1v) is 6.56. The maximum Gasteiger partial charge on any atom is 0.223 e. The minimum atomic E-state index is 0.0613. The fraction of sp³-hybridized carbons (Fsp3) is 0.462. The number of nitrogens with one attached hydrogen (secondary N) is 1. The van der Waals surface area contributed by atoms with Crippen LogP contribution in [0.15, 0.2) is 18.2 Å². The van der Waals surface area contributed by atoms with Gasteiger partial charge in [0.15, 0.2) is 0 Å². The summed E-state index contributed by atoms with van der Waals surface area (Å²) in [5.41, 5.74) is 0.946. The molecule has 0 bridgehead atoms. The molecule has 3 nitrogen and oxygen atoms in total. The number of benzene rings is 1. The van der Waals surface area contributed by atoms with Crippen LogP contribution < -0.4 is 5.32 Å². The Morgan fingerprint density at radius 1 is 1.39 bits per heavy atom. The lowest BCUT2D eigenvalue weighted by Gasteiger charge is -2.17. The van der Waals surface area contributed by atoms with Crippen molar-refractivity contribution in [2.75, 3.05) is 20.6 Å². The van der Waals surface area contributed by atoms with Crippen molar-refractivity contribution in [3.05, 3.63) is 33.8 Å². The Hall–Kier alpha value is -0.770. The van der Waals surface area contributed by atoms with E-state index in [1.807, 2.05) is 13.0 Å². The van der Waals surface area contributed by atoms with Crippen LogP contribution in [0.25, 0.3) is 0 Å². The van der Waals surface area contributed by atoms with Crippen LogP contribution in [0.1, 0.15) is 24.9 Å². The van der Waals surface area contributed by atoms with Gasteiger partial charge >= 0.3 is 0 Å². The highest BCUT2D eigenvalue weighted by Crippen LogP contribution is 2.25. The number of rotatable bonds is 5. The van der Waals surface area contributed by atoms with Crippen molar-refractivity contribution in [3.63, 3.8) is 0 Å². The number of carbonyl (C=O) groups excluding carboxylic acids is 1. The topological polar surface area (TPSA) is 32.3 Å². The predicted octanol–water partition coefficient (Wildman–Crippen LogP) is 3.12. The SMILES string of the molecule is CC(NCCC(=O)N(C)C)c1cc(Cl)ccc1Cl. The second-order valence-corrected chi connectivity index (χ2v) is 5.22. The molecule has 0 aliphatic carbocycles. The van der Waals surface area contributed by atoms with Crippen molar-refractivity contribution in [2.45, 2.75) is 19.4 Å². The molecule has 1 aromatic rings. The first-order valence-electron chi connectivity index (χ1n) is 5.80. The van der Waals surface area contributed by atoms with Crippen molar-refractivity contribution >= 4 is 29.1 Å². The molecule has 0 aromatic heterocycles. The zero-order valence-electron chi connectivity index (χ0n) is 10.8. The van der Waals surface area contributed by atoms with Gasteiger partial charge in [-0.25, -0.2) is 0 Å². The van der Waals surface area contributed by atoms with Crippen LogP contribution in [-0.2, 0) is 4.79 Å². The van der Waals surface area contributed by atoms with Gasteiger partial charge in [-0.2, -0.15) is 0 Å². The highest BCUT2D eigenvalue weighted by Gasteiger charge is 2.11. The van der Waals surface area contributed by atoms with Gasteiger partial charge in [0.25, 0.3) is 0 Å². The third-order valence-electron chi connectivity index (χ3n) is 2.71. The van der Waals surface area contributed by atoms with E-state index >= 15 is 0 Å². The molecule has 1 unspecified atom stereocenters. The lowest BCUT2D eigenvalue weighted by molar-refractivity contribution is -0.128. The molecule has 18 heavy (non-hydrogen) atoms. The smallest absolute Gasteiger partial charge is 0.223 e. The van der Waals surface area contributed by atoms with E-state index in [9.17, 15) is 4.79 Å². The van der Waals surface area contributed by atoms with Gasteiger partial charge in [0.2, 0.25) is 5.91 Å². The van der Waals surface area contributed by atoms with E-state index < -0.39 is 0 Å². The summed E-state index contributed by atoms with van der Waals surface area (Å²) in [6, 6.07) is 5.44. The summed E-state index contributed by atoms with van der Waals surface area (Å²) in [4.78, 5) is 13.0. The summed E-state index contributed by atoms with van der Waals surface area (Å²) in [5, 5.41) is 4.60. The summed E-state index contributed by atoms with van der Waals surface area (Å²) in [5.74, 6) is 0.104. The van der Waals surface area contributed by atoms with Crippen molar-refractivity contribution in [1.29, 1.82) is 0 Å². The molecule has 1 amide bonds. The minimum absolute atomic E-state index is 0.0613. The Morgan fingerprint density at radius 3 is 2.67 bits per heavy atom. The second-order valence-electron chi connectivity index (χ2n) is 4.38. The van der Waals surface area contributed by atoms with Gasteiger partial charge in [0.05, 0.1) is 0 Å². The average molecular weight is 289 g/mol. The molecule has 0 spiro atoms. The molecule has 0 saturated heterocycles. The number of nitrogens with zero attached hydrogens (tertiary/aromatic N) is 1. The van der Waals surface area contributed by atoms with E-state index in [1.54, 1.807) is 31.1 Å². The van der Waals surface area contributed by atoms with E-state index in [1.165, 1.54) is 0 Å². The summed E-state index contributed by atoms with van der Waals surface area (Å²) in [7, 11) is 3.50. The average Bonchev–Trinajstić information content (AvgIpc) is 2.31. The molecule has 1 atom stereocenters. The molecular weight excluding hydrogens is 271 g/mol. The molecule has 0 aliphatic heterocycles. The highest BCUT2D eigenvalue weighted by atomic mass is 35.5. The third kappa shape index (κ3) is 4.48. The number of amides is 1. The lowest BCUT2D eigenvalue weighted by atomic mass is 10.1. The van der Waals surface area contributed by atoms with Gasteiger partial charge < -0.3 is 10.2 Å². The molecule has 100 valence electrons. The van der Waals surface area contributed by atoms with Gasteiger partial charge in [-0.15, -0.1) is 0 Å². The standard InChI is InChI=1S/C13H18Cl2N2O/c1-9(16-7-6-13(18)17(2)3)11-8-10(14)4-5-12(11)15/h4-5,8-9,16H,6-7H2,1-3H3. The number of halogens is 2. The largest absolute Gasteiger partial charge is 0.349 e. The molecule has 0 radical (unpaired) electrons. The lowest BCUT2D eigenvalue weighted by Crippen LogP contribution is -2.28. The molecule has 1 aromatic carbocycles. The van der Waals surface area contributed by atoms with Crippen LogP contribution >= 0.6 is 23.2 Å². The zero-order chi connectivity index (χ0) is 13.7. The van der Waals surface area contributed by atoms with Gasteiger partial charge in [-0.1, -0.05) is 23.2 Å². The van der Waals surface area contributed by atoms with Crippen LogP contribution in [0.3, 0.4) is 0 Å². The molecule has 1 N–H and O–H groups in total. The molecular formula is C13H18Cl2N2O. The second kappa shape index (κ2) is 6.98. The Bertz CT molecular complexity index is 421. The monoisotopic (exact) mass is 288 g/mol. The fourth-order valence-corrected chi connectivity index (χ4v) is 2.04. The van der Waals surface area contributed by atoms with Crippen molar-refractivity contribution in [1.82, 2.24) is 10.2 Å². The van der Waals surface area contributed by atoms with Gasteiger partial charge in [-0.05, 0) is 30.7 Å². The molecule has 0 aliphatic rings. The van der Waals surface area contributed by atoms with Crippen LogP contribution in [0, 0.1) is 0 Å². The number of hydrogen-bond donors (Lipinski definition) is 1. The Morgan fingerprint density at radius 2 is 2.06 bits per heavy atom. The van der Waals surface area contributed by atoms with E-state index in [4.69, 9.17) is 23.2 Å². The zero-order valence-corrected chi connectivity index (χ0v) is 12.3. The molecule has 1 rings (SSSR count). The van der Waals surface area contributed by atoms with Crippen LogP contribution in [0.5, 0.6) is 0 Å². The molecule has 5 heteroatoms. The van der Waals surface area contributed by atoms with Crippen LogP contribution in [0.2, 0.25) is 10.0 Å². The van der Waals surface area contributed by atoms with Gasteiger partial charge in [0.1, 0.15) is 0 Å². The van der Waals surface area contributed by atoms with Gasteiger partial charge in [0, 0.05) is 43.1 Å². The van der Waals surface area contributed by atoms with Crippen LogP contribution in [-0.4, -0.2) is 31.4 Å². The third-order valence-corrected chi connectivity index (χ3v) is 3.29. The maximum absolute atomic E-state index is 11.4. The van der Waals surface area contributed by atoms with E-state index in [0.29, 0.717) is 23.0 Å². The summed E-state index contributed by atoms with van der Waals surface area (Å²) in [6.45, 7) is 2.61. The predicted molar refractivity (Wildman–Crippen MR) is 76.2 cm³/mol. The fourth-order valence-electron chi connectivity index (χ4n) is 1.58. The van der Waals surface area contributed by atoms with Crippen molar-refractivity contribution in [2.24, 2.45) is 0 Å². The first-order chi connectivity index (χ1) is 8.41. The van der Waals surface area contributed by atoms with E-state index in [-0.39, 0.29) is 11.9 Å². The summed E-state index contributed by atoms with van der Waals surface area (Å²) < 4.78 is 0. The number of hydrogen-bond acceptors (Lipinski definition) is 2. The van der Waals surface area contributed by atoms with Gasteiger partial charge in [-0.3, -0.25) is 4.79 Å². The first kappa shape index (κ1) is 15.3. The molecule has 0 fully saturated rings. The van der Waals surface area contributed by atoms with Crippen LogP contribution in [0.4, 0.5) is 0 Å².